The van der Waals surface area contributed by atoms with Gasteiger partial charge >= 0.3 is 0 Å². The number of aliphatic hydroxyl groups excluding tert-OH is 1. The van der Waals surface area contributed by atoms with E-state index in [0.29, 0.717) is 13.0 Å². The van der Waals surface area contributed by atoms with Crippen molar-refractivity contribution in [2.45, 2.75) is 32.8 Å². The first-order chi connectivity index (χ1) is 10.6. The minimum absolute atomic E-state index is 0.182. The Hall–Kier alpha value is -2.13. The molecule has 22 heavy (non-hydrogen) atoms. The van der Waals surface area contributed by atoms with Crippen LogP contribution in [0, 0.1) is 6.92 Å². The van der Waals surface area contributed by atoms with Crippen molar-refractivity contribution in [3.8, 4) is 0 Å². The molecule has 0 aliphatic carbocycles. The van der Waals surface area contributed by atoms with Crippen LogP contribution < -0.4 is 4.90 Å². The zero-order valence-corrected chi connectivity index (χ0v) is 13.0. The van der Waals surface area contributed by atoms with Crippen LogP contribution in [0.25, 0.3) is 0 Å². The lowest BCUT2D eigenvalue weighted by Gasteiger charge is -2.29. The van der Waals surface area contributed by atoms with Gasteiger partial charge in [0.05, 0.1) is 0 Å². The van der Waals surface area contributed by atoms with Crippen LogP contribution in [0.1, 0.15) is 41.7 Å². The van der Waals surface area contributed by atoms with E-state index in [9.17, 15) is 9.90 Å². The summed E-state index contributed by atoms with van der Waals surface area (Å²) in [5.74, 6) is 0.182. The van der Waals surface area contributed by atoms with Gasteiger partial charge in [-0.25, -0.2) is 0 Å². The van der Waals surface area contributed by atoms with Gasteiger partial charge in [0.25, 0.3) is 0 Å². The number of benzene rings is 2. The molecule has 1 atom stereocenters. The second-order valence-corrected chi connectivity index (χ2v) is 5.84. The third kappa shape index (κ3) is 2.64. The number of amides is 1. The van der Waals surface area contributed by atoms with E-state index >= 15 is 0 Å². The molecule has 0 radical (unpaired) electrons. The molecule has 3 heteroatoms. The molecule has 1 N–H and O–H groups in total. The predicted molar refractivity (Wildman–Crippen MR) is 88.0 cm³/mol. The molecule has 0 fully saturated rings. The summed E-state index contributed by atoms with van der Waals surface area (Å²) in [5, 5.41) is 10.6. The van der Waals surface area contributed by atoms with Crippen LogP contribution in [0.4, 0.5) is 5.69 Å². The largest absolute Gasteiger partial charge is 0.384 e. The Labute approximate surface area is 131 Å². The first-order valence-corrected chi connectivity index (χ1v) is 7.78. The standard InChI is InChI=1S/C19H21NO2/c1-3-20-17-9-7-16(12-14(17)8-10-18(20)21)19(22)15-6-4-5-13(2)11-15/h4-7,9,11-12,19,22H,3,8,10H2,1-2H3. The fourth-order valence-electron chi connectivity index (χ4n) is 3.13. The van der Waals surface area contributed by atoms with Gasteiger partial charge in [0, 0.05) is 18.7 Å². The summed E-state index contributed by atoms with van der Waals surface area (Å²) >= 11 is 0. The molecular formula is C19H21NO2. The van der Waals surface area contributed by atoms with Crippen LogP contribution >= 0.6 is 0 Å². The number of carbonyl (C=O) groups excluding carboxylic acids is 1. The molecule has 0 aromatic heterocycles. The van der Waals surface area contributed by atoms with Crippen molar-refractivity contribution in [1.82, 2.24) is 0 Å². The van der Waals surface area contributed by atoms with Crippen molar-refractivity contribution in [3.63, 3.8) is 0 Å². The number of carbonyl (C=O) groups is 1. The molecule has 0 saturated carbocycles. The number of anilines is 1. The van der Waals surface area contributed by atoms with E-state index in [1.54, 1.807) is 0 Å². The second-order valence-electron chi connectivity index (χ2n) is 5.84. The van der Waals surface area contributed by atoms with E-state index in [1.807, 2.05) is 61.2 Å². The van der Waals surface area contributed by atoms with Gasteiger partial charge in [-0.2, -0.15) is 0 Å². The van der Waals surface area contributed by atoms with Crippen LogP contribution in [0.5, 0.6) is 0 Å². The molecule has 2 aromatic carbocycles. The molecule has 3 nitrogen and oxygen atoms in total. The van der Waals surface area contributed by atoms with E-state index in [4.69, 9.17) is 0 Å². The number of hydrogen-bond acceptors (Lipinski definition) is 2. The average molecular weight is 295 g/mol. The summed E-state index contributed by atoms with van der Waals surface area (Å²) in [6, 6.07) is 13.9. The Morgan fingerprint density at radius 1 is 1.14 bits per heavy atom. The molecule has 0 saturated heterocycles. The average Bonchev–Trinajstić information content (AvgIpc) is 2.53. The van der Waals surface area contributed by atoms with Gasteiger partial charge < -0.3 is 10.0 Å². The normalized spacial score (nSPS) is 15.6. The molecule has 1 aliphatic heterocycles. The highest BCUT2D eigenvalue weighted by molar-refractivity contribution is 5.96. The van der Waals surface area contributed by atoms with Crippen molar-refractivity contribution in [2.75, 3.05) is 11.4 Å². The lowest BCUT2D eigenvalue weighted by molar-refractivity contribution is -0.118. The zero-order valence-electron chi connectivity index (χ0n) is 13.0. The van der Waals surface area contributed by atoms with Crippen molar-refractivity contribution < 1.29 is 9.90 Å². The molecule has 1 amide bonds. The smallest absolute Gasteiger partial charge is 0.227 e. The number of nitrogens with zero attached hydrogens (tertiary/aromatic N) is 1. The fourth-order valence-corrected chi connectivity index (χ4v) is 3.13. The maximum Gasteiger partial charge on any atom is 0.227 e. The van der Waals surface area contributed by atoms with Gasteiger partial charge in [0.2, 0.25) is 5.91 Å². The number of aliphatic hydroxyl groups is 1. The van der Waals surface area contributed by atoms with E-state index in [2.05, 4.69) is 0 Å². The third-order valence-corrected chi connectivity index (χ3v) is 4.29. The van der Waals surface area contributed by atoms with E-state index in [0.717, 1.165) is 34.4 Å². The van der Waals surface area contributed by atoms with Gasteiger partial charge in [-0.05, 0) is 43.0 Å². The third-order valence-electron chi connectivity index (χ3n) is 4.29. The maximum absolute atomic E-state index is 11.9. The van der Waals surface area contributed by atoms with Crippen molar-refractivity contribution in [1.29, 1.82) is 0 Å². The molecular weight excluding hydrogens is 274 g/mol. The highest BCUT2D eigenvalue weighted by Gasteiger charge is 2.23. The Balaban J connectivity index is 1.95. The first kappa shape index (κ1) is 14.8. The van der Waals surface area contributed by atoms with Crippen LogP contribution in [0.15, 0.2) is 42.5 Å². The van der Waals surface area contributed by atoms with Gasteiger partial charge in [-0.15, -0.1) is 0 Å². The minimum atomic E-state index is -0.627. The van der Waals surface area contributed by atoms with Crippen LogP contribution in [0.2, 0.25) is 0 Å². The maximum atomic E-state index is 11.9. The minimum Gasteiger partial charge on any atom is -0.384 e. The monoisotopic (exact) mass is 295 g/mol. The van der Waals surface area contributed by atoms with E-state index in [-0.39, 0.29) is 5.91 Å². The molecule has 2 aromatic rings. The summed E-state index contributed by atoms with van der Waals surface area (Å²) in [6.07, 6.45) is 0.669. The zero-order chi connectivity index (χ0) is 15.7. The van der Waals surface area contributed by atoms with Gasteiger partial charge in [0.15, 0.2) is 0 Å². The van der Waals surface area contributed by atoms with Crippen LogP contribution in [-0.2, 0) is 11.2 Å². The SMILES string of the molecule is CCN1C(=O)CCc2cc(C(O)c3cccc(C)c3)ccc21. The Bertz CT molecular complexity index is 708. The highest BCUT2D eigenvalue weighted by Crippen LogP contribution is 2.32. The number of aryl methyl sites for hydroxylation is 2. The van der Waals surface area contributed by atoms with Gasteiger partial charge in [0.1, 0.15) is 6.10 Å². The summed E-state index contributed by atoms with van der Waals surface area (Å²) in [7, 11) is 0. The Kier molecular flexibility index (Phi) is 3.99. The van der Waals surface area contributed by atoms with E-state index < -0.39 is 6.10 Å². The van der Waals surface area contributed by atoms with Crippen molar-refractivity contribution in [3.05, 3.63) is 64.7 Å². The lowest BCUT2D eigenvalue weighted by atomic mass is 9.94. The van der Waals surface area contributed by atoms with Crippen molar-refractivity contribution >= 4 is 11.6 Å². The summed E-state index contributed by atoms with van der Waals surface area (Å²) in [5.41, 5.74) is 5.05. The van der Waals surface area contributed by atoms with Crippen molar-refractivity contribution in [2.24, 2.45) is 0 Å². The molecule has 0 spiro atoms. The van der Waals surface area contributed by atoms with Gasteiger partial charge in [-0.3, -0.25) is 4.79 Å². The highest BCUT2D eigenvalue weighted by atomic mass is 16.3. The molecule has 114 valence electrons. The Morgan fingerprint density at radius 3 is 2.64 bits per heavy atom. The topological polar surface area (TPSA) is 40.5 Å². The van der Waals surface area contributed by atoms with E-state index in [1.165, 1.54) is 0 Å². The van der Waals surface area contributed by atoms with Crippen LogP contribution in [0.3, 0.4) is 0 Å². The molecule has 3 rings (SSSR count). The summed E-state index contributed by atoms with van der Waals surface area (Å²) in [4.78, 5) is 13.8. The molecule has 0 bridgehead atoms. The lowest BCUT2D eigenvalue weighted by Crippen LogP contribution is -2.34. The molecule has 1 aliphatic rings. The summed E-state index contributed by atoms with van der Waals surface area (Å²) < 4.78 is 0. The number of fused-ring (bicyclic) bond motifs is 1. The number of hydrogen-bond donors (Lipinski definition) is 1. The molecule has 1 heterocycles. The second kappa shape index (κ2) is 5.93. The summed E-state index contributed by atoms with van der Waals surface area (Å²) in [6.45, 7) is 4.70. The Morgan fingerprint density at radius 2 is 1.91 bits per heavy atom. The fraction of sp³-hybridized carbons (Fsp3) is 0.316. The molecule has 1 unspecified atom stereocenters. The predicted octanol–water partition coefficient (Wildman–Crippen LogP) is 3.38. The van der Waals surface area contributed by atoms with Gasteiger partial charge in [-0.1, -0.05) is 42.0 Å². The quantitative estimate of drug-likeness (QED) is 0.943. The first-order valence-electron chi connectivity index (χ1n) is 7.78. The number of rotatable bonds is 3. The van der Waals surface area contributed by atoms with Crippen LogP contribution in [-0.4, -0.2) is 17.6 Å².